The zero-order valence-electron chi connectivity index (χ0n) is 10.6. The number of ether oxygens (including phenoxy) is 1. The van der Waals surface area contributed by atoms with E-state index in [-0.39, 0.29) is 5.88 Å². The van der Waals surface area contributed by atoms with E-state index in [4.69, 9.17) is 4.74 Å². The molecule has 4 nitrogen and oxygen atoms in total. The van der Waals surface area contributed by atoms with E-state index in [1.165, 1.54) is 0 Å². The van der Waals surface area contributed by atoms with Gasteiger partial charge in [0, 0.05) is 11.0 Å². The van der Waals surface area contributed by atoms with Gasteiger partial charge in [-0.25, -0.2) is 4.98 Å². The number of hydrogen-bond donors (Lipinski definition) is 1. The third-order valence-electron chi connectivity index (χ3n) is 2.40. The van der Waals surface area contributed by atoms with Crippen molar-refractivity contribution in [3.8, 4) is 11.6 Å². The molecule has 0 aliphatic rings. The lowest BCUT2D eigenvalue weighted by atomic mass is 10.2. The highest BCUT2D eigenvalue weighted by Gasteiger charge is 2.11. The molecule has 1 aromatic heterocycles. The Labute approximate surface area is 119 Å². The molecule has 0 bridgehead atoms. The van der Waals surface area contributed by atoms with Crippen LogP contribution in [0.15, 0.2) is 28.9 Å². The summed E-state index contributed by atoms with van der Waals surface area (Å²) in [6.45, 7) is 4.44. The molecule has 19 heavy (non-hydrogen) atoms. The zero-order valence-corrected chi connectivity index (χ0v) is 12.2. The number of hydrogen-bond acceptors (Lipinski definition) is 4. The first-order valence-electron chi connectivity index (χ1n) is 5.80. The smallest absolute Gasteiger partial charge is 0.260 e. The number of anilines is 1. The van der Waals surface area contributed by atoms with Crippen LogP contribution in [0.4, 0.5) is 10.3 Å². The van der Waals surface area contributed by atoms with Crippen LogP contribution in [0.25, 0.3) is 0 Å². The molecule has 0 amide bonds. The number of aryl methyl sites for hydroxylation is 1. The monoisotopic (exact) mass is 325 g/mol. The Morgan fingerprint density at radius 1 is 1.42 bits per heavy atom. The van der Waals surface area contributed by atoms with Crippen LogP contribution in [0.2, 0.25) is 0 Å². The Balaban J connectivity index is 2.31. The maximum atomic E-state index is 13.6. The van der Waals surface area contributed by atoms with E-state index in [1.54, 1.807) is 6.07 Å². The van der Waals surface area contributed by atoms with E-state index < -0.39 is 5.82 Å². The molecular weight excluding hydrogens is 313 g/mol. The average molecular weight is 326 g/mol. The van der Waals surface area contributed by atoms with Crippen molar-refractivity contribution < 1.29 is 9.13 Å². The van der Waals surface area contributed by atoms with Crippen molar-refractivity contribution in [3.05, 3.63) is 40.2 Å². The van der Waals surface area contributed by atoms with Gasteiger partial charge in [-0.2, -0.15) is 9.37 Å². The molecule has 2 rings (SSSR count). The zero-order chi connectivity index (χ0) is 13.8. The van der Waals surface area contributed by atoms with Gasteiger partial charge in [-0.15, -0.1) is 0 Å². The molecule has 1 aromatic carbocycles. The fourth-order valence-corrected chi connectivity index (χ4v) is 1.79. The molecule has 0 saturated carbocycles. The van der Waals surface area contributed by atoms with Gasteiger partial charge in [-0.1, -0.05) is 22.0 Å². The molecule has 0 radical (unpaired) electrons. The minimum Gasteiger partial charge on any atom is -0.436 e. The quantitative estimate of drug-likeness (QED) is 0.925. The Hall–Kier alpha value is -1.69. The van der Waals surface area contributed by atoms with Crippen LogP contribution in [-0.4, -0.2) is 16.5 Å². The molecule has 1 heterocycles. The molecule has 100 valence electrons. The van der Waals surface area contributed by atoms with Gasteiger partial charge in [-0.05, 0) is 31.5 Å². The summed E-state index contributed by atoms with van der Waals surface area (Å²) in [4.78, 5) is 7.82. The fraction of sp³-hybridized carbons (Fsp3) is 0.231. The molecule has 0 fully saturated rings. The van der Waals surface area contributed by atoms with Crippen molar-refractivity contribution in [1.82, 2.24) is 9.97 Å². The highest BCUT2D eigenvalue weighted by molar-refractivity contribution is 9.10. The third-order valence-corrected chi connectivity index (χ3v) is 2.90. The maximum Gasteiger partial charge on any atom is 0.260 e. The van der Waals surface area contributed by atoms with Gasteiger partial charge < -0.3 is 10.1 Å². The van der Waals surface area contributed by atoms with E-state index in [9.17, 15) is 4.39 Å². The molecule has 0 unspecified atom stereocenters. The summed E-state index contributed by atoms with van der Waals surface area (Å²) >= 11 is 3.35. The van der Waals surface area contributed by atoms with Crippen LogP contribution in [0.3, 0.4) is 0 Å². The fourth-order valence-electron chi connectivity index (χ4n) is 1.45. The van der Waals surface area contributed by atoms with Gasteiger partial charge in [0.25, 0.3) is 5.88 Å². The lowest BCUT2D eigenvalue weighted by Crippen LogP contribution is -2.04. The molecule has 0 spiro atoms. The van der Waals surface area contributed by atoms with Gasteiger partial charge in [0.2, 0.25) is 11.8 Å². The molecule has 1 N–H and O–H groups in total. The second-order valence-electron chi connectivity index (χ2n) is 3.89. The summed E-state index contributed by atoms with van der Waals surface area (Å²) < 4.78 is 20.0. The summed E-state index contributed by atoms with van der Waals surface area (Å²) in [7, 11) is 0. The molecular formula is C13H13BrFN3O. The standard InChI is InChI=1S/C13H13BrFN3O/c1-3-16-13-17-7-10(15)12(18-13)19-11-6-9(14)5-4-8(11)2/h4-7H,3H2,1-2H3,(H,16,17,18). The summed E-state index contributed by atoms with van der Waals surface area (Å²) in [5.74, 6) is 0.203. The number of rotatable bonds is 4. The van der Waals surface area contributed by atoms with Gasteiger partial charge in [0.05, 0.1) is 6.20 Å². The summed E-state index contributed by atoms with van der Waals surface area (Å²) in [6.07, 6.45) is 1.09. The summed E-state index contributed by atoms with van der Waals surface area (Å²) in [6, 6.07) is 5.54. The Kier molecular flexibility index (Phi) is 4.31. The molecule has 0 saturated heterocycles. The number of nitrogens with one attached hydrogen (secondary N) is 1. The first-order valence-corrected chi connectivity index (χ1v) is 6.60. The molecule has 0 aliphatic carbocycles. The van der Waals surface area contributed by atoms with Crippen LogP contribution in [0.1, 0.15) is 12.5 Å². The number of nitrogens with zero attached hydrogens (tertiary/aromatic N) is 2. The topological polar surface area (TPSA) is 47.0 Å². The first kappa shape index (κ1) is 13.7. The van der Waals surface area contributed by atoms with Gasteiger partial charge in [0.15, 0.2) is 0 Å². The average Bonchev–Trinajstić information content (AvgIpc) is 2.38. The normalized spacial score (nSPS) is 10.3. The van der Waals surface area contributed by atoms with E-state index in [0.29, 0.717) is 18.2 Å². The van der Waals surface area contributed by atoms with Gasteiger partial charge in [0.1, 0.15) is 5.75 Å². The van der Waals surface area contributed by atoms with Gasteiger partial charge >= 0.3 is 0 Å². The second kappa shape index (κ2) is 5.97. The summed E-state index contributed by atoms with van der Waals surface area (Å²) in [5.41, 5.74) is 0.895. The van der Waals surface area contributed by atoms with Crippen molar-refractivity contribution in [3.63, 3.8) is 0 Å². The lowest BCUT2D eigenvalue weighted by molar-refractivity contribution is 0.418. The van der Waals surface area contributed by atoms with Crippen LogP contribution in [0, 0.1) is 12.7 Å². The van der Waals surface area contributed by atoms with E-state index >= 15 is 0 Å². The Bertz CT molecular complexity index is 592. The van der Waals surface area contributed by atoms with Crippen molar-refractivity contribution in [2.75, 3.05) is 11.9 Å². The summed E-state index contributed by atoms with van der Waals surface area (Å²) in [5, 5.41) is 2.91. The lowest BCUT2D eigenvalue weighted by Gasteiger charge is -2.10. The number of benzene rings is 1. The first-order chi connectivity index (χ1) is 9.10. The van der Waals surface area contributed by atoms with Crippen molar-refractivity contribution in [2.45, 2.75) is 13.8 Å². The maximum absolute atomic E-state index is 13.6. The third kappa shape index (κ3) is 3.41. The Morgan fingerprint density at radius 3 is 2.95 bits per heavy atom. The van der Waals surface area contributed by atoms with Crippen LogP contribution in [0.5, 0.6) is 11.6 Å². The largest absolute Gasteiger partial charge is 0.436 e. The van der Waals surface area contributed by atoms with Crippen LogP contribution < -0.4 is 10.1 Å². The van der Waals surface area contributed by atoms with E-state index in [0.717, 1.165) is 16.2 Å². The number of aromatic nitrogens is 2. The van der Waals surface area contributed by atoms with E-state index in [1.807, 2.05) is 26.0 Å². The second-order valence-corrected chi connectivity index (χ2v) is 4.80. The van der Waals surface area contributed by atoms with Gasteiger partial charge in [-0.3, -0.25) is 0 Å². The highest BCUT2D eigenvalue weighted by Crippen LogP contribution is 2.28. The number of halogens is 2. The predicted octanol–water partition coefficient (Wildman–Crippen LogP) is 3.91. The van der Waals surface area contributed by atoms with Crippen molar-refractivity contribution in [2.24, 2.45) is 0 Å². The Morgan fingerprint density at radius 2 is 2.21 bits per heavy atom. The minimum atomic E-state index is -0.596. The molecule has 2 aromatic rings. The van der Waals surface area contributed by atoms with Crippen LogP contribution in [-0.2, 0) is 0 Å². The SMILES string of the molecule is CCNc1ncc(F)c(Oc2cc(Br)ccc2C)n1. The minimum absolute atomic E-state index is 0.0906. The molecule has 0 aliphatic heterocycles. The van der Waals surface area contributed by atoms with Crippen LogP contribution >= 0.6 is 15.9 Å². The van der Waals surface area contributed by atoms with E-state index in [2.05, 4.69) is 31.2 Å². The van der Waals surface area contributed by atoms with Crippen molar-refractivity contribution >= 4 is 21.9 Å². The highest BCUT2D eigenvalue weighted by atomic mass is 79.9. The predicted molar refractivity (Wildman–Crippen MR) is 75.1 cm³/mol. The van der Waals surface area contributed by atoms with Crippen molar-refractivity contribution in [1.29, 1.82) is 0 Å². The molecule has 0 atom stereocenters. The molecule has 6 heteroatoms.